The predicted molar refractivity (Wildman–Crippen MR) is 77.1 cm³/mol. The van der Waals surface area contributed by atoms with Crippen LogP contribution in [0.5, 0.6) is 0 Å². The van der Waals surface area contributed by atoms with E-state index in [2.05, 4.69) is 5.32 Å². The van der Waals surface area contributed by atoms with Gasteiger partial charge in [-0.3, -0.25) is 9.59 Å². The van der Waals surface area contributed by atoms with E-state index in [4.69, 9.17) is 5.11 Å². The average Bonchev–Trinajstić information content (AvgIpc) is 3.06. The molecule has 1 amide bonds. The monoisotopic (exact) mass is 292 g/mol. The number of carboxylic acid groups (broad SMARTS) is 1. The van der Waals surface area contributed by atoms with Crippen molar-refractivity contribution in [3.8, 4) is 0 Å². The number of carbonyl (C=O) groups is 2. The number of carboxylic acids is 1. The molecule has 0 fully saturated rings. The maximum Gasteiger partial charge on any atom is 0.303 e. The highest BCUT2D eigenvalue weighted by molar-refractivity contribution is 7.09. The summed E-state index contributed by atoms with van der Waals surface area (Å²) < 4.78 is 1.89. The Kier molecular flexibility index (Phi) is 4.95. The van der Waals surface area contributed by atoms with E-state index in [1.165, 1.54) is 4.88 Å². The number of aliphatic carboxylic acids is 1. The third-order valence-electron chi connectivity index (χ3n) is 2.82. The number of rotatable bonds is 7. The number of nitrogens with one attached hydrogen (secondary N) is 1. The molecule has 0 atom stereocenters. The minimum Gasteiger partial charge on any atom is -0.481 e. The highest BCUT2D eigenvalue weighted by Gasteiger charge is 2.10. The number of amides is 1. The molecule has 2 aromatic rings. The lowest BCUT2D eigenvalue weighted by Gasteiger charge is -2.08. The van der Waals surface area contributed by atoms with E-state index in [9.17, 15) is 9.59 Å². The quantitative estimate of drug-likeness (QED) is 0.768. The third-order valence-corrected chi connectivity index (χ3v) is 3.68. The number of nitrogens with zero attached hydrogens (tertiary/aromatic N) is 1. The molecule has 20 heavy (non-hydrogen) atoms. The zero-order chi connectivity index (χ0) is 14.4. The molecule has 0 unspecified atom stereocenters. The summed E-state index contributed by atoms with van der Waals surface area (Å²) in [6.07, 6.45) is 2.37. The Morgan fingerprint density at radius 1 is 1.30 bits per heavy atom. The van der Waals surface area contributed by atoms with E-state index < -0.39 is 5.97 Å². The summed E-state index contributed by atoms with van der Waals surface area (Å²) in [7, 11) is 0. The molecule has 2 aromatic heterocycles. The van der Waals surface area contributed by atoms with Crippen LogP contribution >= 0.6 is 11.3 Å². The van der Waals surface area contributed by atoms with Gasteiger partial charge in [-0.1, -0.05) is 6.07 Å². The summed E-state index contributed by atoms with van der Waals surface area (Å²) in [6, 6.07) is 7.61. The van der Waals surface area contributed by atoms with Crippen LogP contribution in [-0.4, -0.2) is 28.1 Å². The van der Waals surface area contributed by atoms with Crippen molar-refractivity contribution in [3.63, 3.8) is 0 Å². The SMILES string of the molecule is O=C(O)CCCNC(=O)c1cccn1Cc1cccs1. The molecule has 2 heterocycles. The Labute approximate surface area is 120 Å². The first-order valence-electron chi connectivity index (χ1n) is 6.34. The molecule has 0 aliphatic rings. The molecule has 6 heteroatoms. The van der Waals surface area contributed by atoms with E-state index in [-0.39, 0.29) is 12.3 Å². The summed E-state index contributed by atoms with van der Waals surface area (Å²) >= 11 is 1.65. The van der Waals surface area contributed by atoms with Gasteiger partial charge in [0.05, 0.1) is 6.54 Å². The van der Waals surface area contributed by atoms with Gasteiger partial charge in [-0.2, -0.15) is 0 Å². The van der Waals surface area contributed by atoms with Crippen molar-refractivity contribution in [2.75, 3.05) is 6.54 Å². The van der Waals surface area contributed by atoms with Gasteiger partial charge in [-0.15, -0.1) is 11.3 Å². The van der Waals surface area contributed by atoms with Crippen LogP contribution in [-0.2, 0) is 11.3 Å². The third kappa shape index (κ3) is 3.96. The number of hydrogen-bond donors (Lipinski definition) is 2. The molecule has 5 nitrogen and oxygen atoms in total. The van der Waals surface area contributed by atoms with Crippen LogP contribution in [0.25, 0.3) is 0 Å². The van der Waals surface area contributed by atoms with Crippen LogP contribution in [0.4, 0.5) is 0 Å². The van der Waals surface area contributed by atoms with Crippen LogP contribution < -0.4 is 5.32 Å². The molecule has 0 bridgehead atoms. The molecule has 0 aromatic carbocycles. The largest absolute Gasteiger partial charge is 0.481 e. The molecule has 2 rings (SSSR count). The van der Waals surface area contributed by atoms with Gasteiger partial charge in [-0.05, 0) is 30.0 Å². The Balaban J connectivity index is 1.90. The van der Waals surface area contributed by atoms with Crippen molar-refractivity contribution >= 4 is 23.2 Å². The Bertz CT molecular complexity index is 575. The van der Waals surface area contributed by atoms with Crippen molar-refractivity contribution in [1.29, 1.82) is 0 Å². The Morgan fingerprint density at radius 3 is 2.85 bits per heavy atom. The minimum absolute atomic E-state index is 0.0660. The van der Waals surface area contributed by atoms with E-state index >= 15 is 0 Å². The van der Waals surface area contributed by atoms with E-state index in [1.807, 2.05) is 34.3 Å². The van der Waals surface area contributed by atoms with Gasteiger partial charge in [0.1, 0.15) is 5.69 Å². The molecule has 0 spiro atoms. The molecular formula is C14H16N2O3S. The standard InChI is InChI=1S/C14H16N2O3S/c17-13(18)6-1-7-15-14(19)12-5-2-8-16(12)10-11-4-3-9-20-11/h2-5,8-9H,1,6-7,10H2,(H,15,19)(H,17,18). The molecule has 0 saturated heterocycles. The minimum atomic E-state index is -0.847. The topological polar surface area (TPSA) is 71.3 Å². The molecule has 0 aliphatic carbocycles. The average molecular weight is 292 g/mol. The van der Waals surface area contributed by atoms with Crippen molar-refractivity contribution in [3.05, 3.63) is 46.4 Å². The van der Waals surface area contributed by atoms with E-state index in [0.29, 0.717) is 25.2 Å². The second-order valence-electron chi connectivity index (χ2n) is 4.35. The lowest BCUT2D eigenvalue weighted by Crippen LogP contribution is -2.27. The first kappa shape index (κ1) is 14.3. The predicted octanol–water partition coefficient (Wildman–Crippen LogP) is 2.19. The van der Waals surface area contributed by atoms with Gasteiger partial charge in [0.25, 0.3) is 5.91 Å². The maximum atomic E-state index is 12.0. The first-order chi connectivity index (χ1) is 9.66. The van der Waals surface area contributed by atoms with Crippen molar-refractivity contribution in [2.24, 2.45) is 0 Å². The summed E-state index contributed by atoms with van der Waals surface area (Å²) in [5.41, 5.74) is 0.591. The fraction of sp³-hybridized carbons (Fsp3) is 0.286. The Hall–Kier alpha value is -2.08. The maximum absolute atomic E-state index is 12.0. The molecule has 2 N–H and O–H groups in total. The van der Waals surface area contributed by atoms with Crippen molar-refractivity contribution in [1.82, 2.24) is 9.88 Å². The molecular weight excluding hydrogens is 276 g/mol. The van der Waals surface area contributed by atoms with Crippen LogP contribution in [0.15, 0.2) is 35.8 Å². The molecule has 106 valence electrons. The smallest absolute Gasteiger partial charge is 0.303 e. The summed E-state index contributed by atoms with van der Waals surface area (Å²) in [5.74, 6) is -1.02. The van der Waals surface area contributed by atoms with Gasteiger partial charge in [0.2, 0.25) is 0 Å². The summed E-state index contributed by atoms with van der Waals surface area (Å²) in [5, 5.41) is 13.3. The van der Waals surface area contributed by atoms with Crippen molar-refractivity contribution < 1.29 is 14.7 Å². The van der Waals surface area contributed by atoms with Gasteiger partial charge >= 0.3 is 5.97 Å². The van der Waals surface area contributed by atoms with E-state index in [1.54, 1.807) is 17.4 Å². The van der Waals surface area contributed by atoms with E-state index in [0.717, 1.165) is 0 Å². The molecule has 0 radical (unpaired) electrons. The van der Waals surface area contributed by atoms with Gasteiger partial charge in [0.15, 0.2) is 0 Å². The number of carbonyl (C=O) groups excluding carboxylic acids is 1. The Morgan fingerprint density at radius 2 is 2.15 bits per heavy atom. The number of thiophene rings is 1. The van der Waals surface area contributed by atoms with Crippen LogP contribution in [0.1, 0.15) is 28.2 Å². The zero-order valence-corrected chi connectivity index (χ0v) is 11.7. The molecule has 0 aliphatic heterocycles. The summed E-state index contributed by atoms with van der Waals surface area (Å²) in [6.45, 7) is 1.04. The normalized spacial score (nSPS) is 10.4. The lowest BCUT2D eigenvalue weighted by atomic mass is 10.3. The van der Waals surface area contributed by atoms with Crippen LogP contribution in [0.2, 0.25) is 0 Å². The zero-order valence-electron chi connectivity index (χ0n) is 10.9. The highest BCUT2D eigenvalue weighted by atomic mass is 32.1. The second-order valence-corrected chi connectivity index (χ2v) is 5.39. The van der Waals surface area contributed by atoms with Gasteiger partial charge < -0.3 is 15.0 Å². The summed E-state index contributed by atoms with van der Waals surface area (Å²) in [4.78, 5) is 23.6. The van der Waals surface area contributed by atoms with Crippen molar-refractivity contribution in [2.45, 2.75) is 19.4 Å². The fourth-order valence-corrected chi connectivity index (χ4v) is 2.56. The molecule has 0 saturated carbocycles. The second kappa shape index (κ2) is 6.91. The fourth-order valence-electron chi connectivity index (χ4n) is 1.86. The van der Waals surface area contributed by atoms with Gasteiger partial charge in [-0.25, -0.2) is 0 Å². The first-order valence-corrected chi connectivity index (χ1v) is 7.22. The lowest BCUT2D eigenvalue weighted by molar-refractivity contribution is -0.137. The highest BCUT2D eigenvalue weighted by Crippen LogP contribution is 2.13. The number of aromatic nitrogens is 1. The van der Waals surface area contributed by atoms with Crippen LogP contribution in [0, 0.1) is 0 Å². The number of hydrogen-bond acceptors (Lipinski definition) is 3. The van der Waals surface area contributed by atoms with Crippen LogP contribution in [0.3, 0.4) is 0 Å². The van der Waals surface area contributed by atoms with Gasteiger partial charge in [0, 0.05) is 24.0 Å².